The van der Waals surface area contributed by atoms with Crippen LogP contribution in [-0.2, 0) is 13.0 Å². The number of hydrogen-bond acceptors (Lipinski definition) is 6. The van der Waals surface area contributed by atoms with Gasteiger partial charge in [0.2, 0.25) is 0 Å². The third-order valence-corrected chi connectivity index (χ3v) is 4.73. The zero-order valence-corrected chi connectivity index (χ0v) is 15.5. The third kappa shape index (κ3) is 4.40. The number of hydrogen-bond donors (Lipinski definition) is 2. The molecule has 0 spiro atoms. The molecule has 1 fully saturated rings. The van der Waals surface area contributed by atoms with Gasteiger partial charge < -0.3 is 20.1 Å². The molecule has 2 aromatic rings. The van der Waals surface area contributed by atoms with Gasteiger partial charge in [-0.2, -0.15) is 0 Å². The van der Waals surface area contributed by atoms with Crippen LogP contribution in [-0.4, -0.2) is 42.2 Å². The minimum atomic E-state index is -0.0958. The van der Waals surface area contributed by atoms with Gasteiger partial charge in [-0.1, -0.05) is 18.5 Å². The number of piperidine rings is 1. The van der Waals surface area contributed by atoms with Gasteiger partial charge in [0.15, 0.2) is 5.76 Å². The van der Waals surface area contributed by atoms with Crippen molar-refractivity contribution in [1.82, 2.24) is 20.8 Å². The molecule has 26 heavy (non-hydrogen) atoms. The Morgan fingerprint density at radius 1 is 1.38 bits per heavy atom. The Hall–Kier alpha value is -2.41. The molecule has 0 atom stereocenters. The van der Waals surface area contributed by atoms with Crippen molar-refractivity contribution in [3.8, 4) is 0 Å². The quantitative estimate of drug-likeness (QED) is 0.790. The van der Waals surface area contributed by atoms with E-state index in [4.69, 9.17) is 4.52 Å². The molecule has 0 saturated carbocycles. The summed E-state index contributed by atoms with van der Waals surface area (Å²) in [5.74, 6) is 1.56. The van der Waals surface area contributed by atoms with Crippen molar-refractivity contribution >= 4 is 11.7 Å². The maximum atomic E-state index is 12.0. The van der Waals surface area contributed by atoms with E-state index in [1.54, 1.807) is 19.3 Å². The molecule has 3 heterocycles. The number of carbonyl (C=O) groups excluding carboxylic acids is 1. The van der Waals surface area contributed by atoms with Gasteiger partial charge in [-0.25, -0.2) is 4.98 Å². The molecule has 7 nitrogen and oxygen atoms in total. The third-order valence-electron chi connectivity index (χ3n) is 4.73. The van der Waals surface area contributed by atoms with E-state index < -0.39 is 0 Å². The average Bonchev–Trinajstić information content (AvgIpc) is 3.14. The minimum absolute atomic E-state index is 0.0958. The van der Waals surface area contributed by atoms with Crippen molar-refractivity contribution in [2.45, 2.75) is 45.2 Å². The lowest BCUT2D eigenvalue weighted by Crippen LogP contribution is -2.43. The molecule has 1 amide bonds. The molecule has 2 N–H and O–H groups in total. The minimum Gasteiger partial charge on any atom is -0.360 e. The predicted octanol–water partition coefficient (Wildman–Crippen LogP) is 2.14. The maximum absolute atomic E-state index is 12.0. The standard InChI is InChI=1S/C19H27N5O2/c1-3-5-15-12-16(26-23-15)13-22-14-7-10-24(11-8-14)18-17(19(25)20-2)6-4-9-21-18/h4,6,9,12,14,22H,3,5,7-8,10-11,13H2,1-2H3,(H,20,25). The van der Waals surface area contributed by atoms with Crippen LogP contribution in [0.25, 0.3) is 0 Å². The molecule has 1 aliphatic rings. The normalized spacial score (nSPS) is 15.2. The van der Waals surface area contributed by atoms with Crippen LogP contribution in [0.3, 0.4) is 0 Å². The lowest BCUT2D eigenvalue weighted by Gasteiger charge is -2.33. The lowest BCUT2D eigenvalue weighted by molar-refractivity contribution is 0.0963. The van der Waals surface area contributed by atoms with Crippen molar-refractivity contribution in [2.24, 2.45) is 0 Å². The monoisotopic (exact) mass is 357 g/mol. The fraction of sp³-hybridized carbons (Fsp3) is 0.526. The summed E-state index contributed by atoms with van der Waals surface area (Å²) in [5.41, 5.74) is 1.66. The predicted molar refractivity (Wildman–Crippen MR) is 100 cm³/mol. The maximum Gasteiger partial charge on any atom is 0.254 e. The van der Waals surface area contributed by atoms with Gasteiger partial charge in [-0.05, 0) is 31.4 Å². The highest BCUT2D eigenvalue weighted by molar-refractivity contribution is 5.98. The van der Waals surface area contributed by atoms with E-state index in [2.05, 4.69) is 32.6 Å². The van der Waals surface area contributed by atoms with Gasteiger partial charge in [-0.15, -0.1) is 0 Å². The average molecular weight is 357 g/mol. The molecule has 140 valence electrons. The molecule has 0 bridgehead atoms. The van der Waals surface area contributed by atoms with Crippen molar-refractivity contribution < 1.29 is 9.32 Å². The first kappa shape index (κ1) is 18.4. The fourth-order valence-corrected chi connectivity index (χ4v) is 3.31. The smallest absolute Gasteiger partial charge is 0.254 e. The second-order valence-corrected chi connectivity index (χ2v) is 6.63. The first-order valence-electron chi connectivity index (χ1n) is 9.31. The summed E-state index contributed by atoms with van der Waals surface area (Å²) in [5, 5.41) is 10.3. The Morgan fingerprint density at radius 3 is 2.92 bits per heavy atom. The zero-order chi connectivity index (χ0) is 18.4. The van der Waals surface area contributed by atoms with Crippen LogP contribution >= 0.6 is 0 Å². The number of amides is 1. The van der Waals surface area contributed by atoms with Crippen molar-refractivity contribution in [3.63, 3.8) is 0 Å². The summed E-state index contributed by atoms with van der Waals surface area (Å²) in [4.78, 5) is 18.7. The molecule has 0 aliphatic carbocycles. The fourth-order valence-electron chi connectivity index (χ4n) is 3.31. The molecule has 0 unspecified atom stereocenters. The van der Waals surface area contributed by atoms with Crippen LogP contribution in [0.5, 0.6) is 0 Å². The van der Waals surface area contributed by atoms with Crippen LogP contribution in [0.1, 0.15) is 48.0 Å². The summed E-state index contributed by atoms with van der Waals surface area (Å²) < 4.78 is 5.38. The molecule has 0 radical (unpaired) electrons. The Kier molecular flexibility index (Phi) is 6.22. The summed E-state index contributed by atoms with van der Waals surface area (Å²) in [7, 11) is 1.64. The number of anilines is 1. The van der Waals surface area contributed by atoms with E-state index in [1.165, 1.54) is 0 Å². The van der Waals surface area contributed by atoms with Gasteiger partial charge in [-0.3, -0.25) is 4.79 Å². The van der Waals surface area contributed by atoms with E-state index >= 15 is 0 Å². The highest BCUT2D eigenvalue weighted by Crippen LogP contribution is 2.22. The SMILES string of the molecule is CCCc1cc(CNC2CCN(c3ncccc3C(=O)NC)CC2)on1. The van der Waals surface area contributed by atoms with Gasteiger partial charge >= 0.3 is 0 Å². The summed E-state index contributed by atoms with van der Waals surface area (Å²) in [6.07, 6.45) is 5.77. The first-order valence-corrected chi connectivity index (χ1v) is 9.31. The van der Waals surface area contributed by atoms with Crippen LogP contribution in [0, 0.1) is 0 Å². The van der Waals surface area contributed by atoms with Gasteiger partial charge in [0.1, 0.15) is 5.82 Å². The number of aryl methyl sites for hydroxylation is 1. The summed E-state index contributed by atoms with van der Waals surface area (Å²) in [6, 6.07) is 6.09. The second-order valence-electron chi connectivity index (χ2n) is 6.63. The zero-order valence-electron chi connectivity index (χ0n) is 15.5. The molecular weight excluding hydrogens is 330 g/mol. The molecular formula is C19H27N5O2. The van der Waals surface area contributed by atoms with E-state index in [1.807, 2.05) is 12.1 Å². The van der Waals surface area contributed by atoms with Crippen molar-refractivity contribution in [3.05, 3.63) is 41.4 Å². The Bertz CT molecular complexity index is 722. The first-order chi connectivity index (χ1) is 12.7. The summed E-state index contributed by atoms with van der Waals surface area (Å²) in [6.45, 7) is 4.58. The molecule has 2 aromatic heterocycles. The molecule has 0 aromatic carbocycles. The Balaban J connectivity index is 1.52. The van der Waals surface area contributed by atoms with E-state index in [0.29, 0.717) is 18.2 Å². The van der Waals surface area contributed by atoms with Gasteiger partial charge in [0.25, 0.3) is 5.91 Å². The van der Waals surface area contributed by atoms with Gasteiger partial charge in [0, 0.05) is 38.4 Å². The molecule has 1 saturated heterocycles. The van der Waals surface area contributed by atoms with Crippen LogP contribution in [0.15, 0.2) is 28.9 Å². The number of aromatic nitrogens is 2. The van der Waals surface area contributed by atoms with Crippen LogP contribution in [0.4, 0.5) is 5.82 Å². The van der Waals surface area contributed by atoms with Crippen molar-refractivity contribution in [2.75, 3.05) is 25.0 Å². The van der Waals surface area contributed by atoms with Crippen molar-refractivity contribution in [1.29, 1.82) is 0 Å². The van der Waals surface area contributed by atoms with Gasteiger partial charge in [0.05, 0.1) is 17.8 Å². The topological polar surface area (TPSA) is 83.3 Å². The molecule has 1 aliphatic heterocycles. The number of nitrogens with one attached hydrogen (secondary N) is 2. The second kappa shape index (κ2) is 8.80. The molecule has 7 heteroatoms. The number of nitrogens with zero attached hydrogens (tertiary/aromatic N) is 3. The van der Waals surface area contributed by atoms with E-state index in [0.717, 1.165) is 56.0 Å². The number of pyridine rings is 1. The largest absolute Gasteiger partial charge is 0.360 e. The molecule has 3 rings (SSSR count). The Labute approximate surface area is 154 Å². The number of rotatable bonds is 7. The highest BCUT2D eigenvalue weighted by Gasteiger charge is 2.23. The van der Waals surface area contributed by atoms with E-state index in [9.17, 15) is 4.79 Å². The summed E-state index contributed by atoms with van der Waals surface area (Å²) >= 11 is 0. The van der Waals surface area contributed by atoms with Crippen LogP contribution in [0.2, 0.25) is 0 Å². The lowest BCUT2D eigenvalue weighted by atomic mass is 10.0. The van der Waals surface area contributed by atoms with E-state index in [-0.39, 0.29) is 5.91 Å². The number of carbonyl (C=O) groups is 1. The van der Waals surface area contributed by atoms with Crippen LogP contribution < -0.4 is 15.5 Å². The Morgan fingerprint density at radius 2 is 2.19 bits per heavy atom. The highest BCUT2D eigenvalue weighted by atomic mass is 16.5.